The van der Waals surface area contributed by atoms with E-state index in [1.807, 2.05) is 6.07 Å². The Kier molecular flexibility index (Phi) is 6.79. The van der Waals surface area contributed by atoms with Crippen LogP contribution in [0, 0.1) is 0 Å². The van der Waals surface area contributed by atoms with Crippen molar-refractivity contribution in [2.45, 2.75) is 18.4 Å². The molecule has 1 unspecified atom stereocenters. The minimum absolute atomic E-state index is 0.0273. The lowest BCUT2D eigenvalue weighted by Gasteiger charge is -2.30. The maximum Gasteiger partial charge on any atom is 0.335 e. The number of rotatable bonds is 8. The van der Waals surface area contributed by atoms with Gasteiger partial charge in [-0.05, 0) is 66.1 Å². The van der Waals surface area contributed by atoms with E-state index in [9.17, 15) is 14.7 Å². The van der Waals surface area contributed by atoms with Crippen LogP contribution < -0.4 is 14.4 Å². The molecule has 1 aliphatic heterocycles. The molecule has 3 aromatic carbocycles. The largest absolute Gasteiger partial charge is 0.497 e. The summed E-state index contributed by atoms with van der Waals surface area (Å²) in [7, 11) is 3.12. The summed E-state index contributed by atoms with van der Waals surface area (Å²) in [5, 5.41) is 10.3. The number of anilines is 1. The third-order valence-electron chi connectivity index (χ3n) is 6.27. The highest BCUT2D eigenvalue weighted by Gasteiger charge is 2.52. The number of halogens is 2. The number of fused-ring (bicyclic) bond motifs is 1. The molecule has 1 N–H and O–H groups in total. The second kappa shape index (κ2) is 9.64. The van der Waals surface area contributed by atoms with Gasteiger partial charge in [0.15, 0.2) is 0 Å². The fourth-order valence-corrected chi connectivity index (χ4v) is 5.07. The highest BCUT2D eigenvalue weighted by molar-refractivity contribution is 6.33. The van der Waals surface area contributed by atoms with E-state index in [0.717, 1.165) is 5.56 Å². The molecular formula is C27H23Cl2NO5. The predicted octanol–water partition coefficient (Wildman–Crippen LogP) is 6.12. The van der Waals surface area contributed by atoms with Crippen molar-refractivity contribution in [1.29, 1.82) is 0 Å². The SMILES string of the molecule is C=CCC1(c2cc(C(=O)O)ccc2Cl)C(=O)N(Cc2ccc(OC)cc2OC)c2ccc(Cl)cc21. The number of carbonyl (C=O) groups excluding carboxylic acids is 1. The summed E-state index contributed by atoms with van der Waals surface area (Å²) in [5.41, 5.74) is 1.16. The van der Waals surface area contributed by atoms with Crippen LogP contribution in [0.4, 0.5) is 5.69 Å². The van der Waals surface area contributed by atoms with Crippen LogP contribution in [0.2, 0.25) is 10.0 Å². The maximum atomic E-state index is 14.3. The van der Waals surface area contributed by atoms with Crippen molar-refractivity contribution in [3.8, 4) is 11.5 Å². The van der Waals surface area contributed by atoms with Crippen molar-refractivity contribution in [1.82, 2.24) is 0 Å². The number of hydrogen-bond donors (Lipinski definition) is 1. The molecule has 0 aromatic heterocycles. The van der Waals surface area contributed by atoms with Gasteiger partial charge in [-0.15, -0.1) is 6.58 Å². The van der Waals surface area contributed by atoms with Gasteiger partial charge in [0, 0.05) is 27.4 Å². The second-order valence-corrected chi connectivity index (χ2v) is 8.97. The van der Waals surface area contributed by atoms with Crippen LogP contribution in [0.3, 0.4) is 0 Å². The van der Waals surface area contributed by atoms with E-state index in [-0.39, 0.29) is 29.5 Å². The normalized spacial score (nSPS) is 16.7. The van der Waals surface area contributed by atoms with Crippen LogP contribution in [0.25, 0.3) is 0 Å². The Bertz CT molecular complexity index is 1340. The number of allylic oxidation sites excluding steroid dienone is 1. The number of methoxy groups -OCH3 is 2. The first-order chi connectivity index (χ1) is 16.8. The van der Waals surface area contributed by atoms with Crippen LogP contribution in [-0.2, 0) is 16.8 Å². The fraction of sp³-hybridized carbons (Fsp3) is 0.185. The Morgan fingerprint density at radius 1 is 1.06 bits per heavy atom. The summed E-state index contributed by atoms with van der Waals surface area (Å²) in [6.07, 6.45) is 1.82. The Labute approximate surface area is 213 Å². The average Bonchev–Trinajstić information content (AvgIpc) is 3.07. The summed E-state index contributed by atoms with van der Waals surface area (Å²) >= 11 is 13.0. The second-order valence-electron chi connectivity index (χ2n) is 8.13. The van der Waals surface area contributed by atoms with E-state index in [2.05, 4.69) is 6.58 Å². The van der Waals surface area contributed by atoms with E-state index < -0.39 is 11.4 Å². The predicted molar refractivity (Wildman–Crippen MR) is 136 cm³/mol. The molecule has 1 amide bonds. The van der Waals surface area contributed by atoms with E-state index in [4.69, 9.17) is 32.7 Å². The molecular weight excluding hydrogens is 489 g/mol. The molecule has 0 saturated carbocycles. The first-order valence-electron chi connectivity index (χ1n) is 10.7. The zero-order valence-electron chi connectivity index (χ0n) is 19.2. The van der Waals surface area contributed by atoms with Gasteiger partial charge in [0.05, 0.1) is 26.3 Å². The van der Waals surface area contributed by atoms with Gasteiger partial charge in [0.25, 0.3) is 0 Å². The highest BCUT2D eigenvalue weighted by Crippen LogP contribution is 2.52. The summed E-state index contributed by atoms with van der Waals surface area (Å²) in [6, 6.07) is 15.0. The standard InChI is InChI=1S/C27H23Cl2NO5/c1-4-11-27(20-12-16(25(31)32)6-9-22(20)29)21-13-18(28)7-10-23(21)30(26(27)33)15-17-5-8-19(34-2)14-24(17)35-3/h4-10,12-14H,1,11,15H2,2-3H3,(H,31,32). The van der Waals surface area contributed by atoms with Gasteiger partial charge in [-0.25, -0.2) is 4.79 Å². The van der Waals surface area contributed by atoms with Crippen molar-refractivity contribution < 1.29 is 24.2 Å². The van der Waals surface area contributed by atoms with Gasteiger partial charge >= 0.3 is 5.97 Å². The van der Waals surface area contributed by atoms with Crippen molar-refractivity contribution in [3.63, 3.8) is 0 Å². The molecule has 0 fully saturated rings. The van der Waals surface area contributed by atoms with E-state index in [0.29, 0.717) is 33.3 Å². The third kappa shape index (κ3) is 4.13. The van der Waals surface area contributed by atoms with Gasteiger partial charge in [-0.1, -0.05) is 29.3 Å². The Hall–Kier alpha value is -3.48. The zero-order chi connectivity index (χ0) is 25.3. The molecule has 8 heteroatoms. The highest BCUT2D eigenvalue weighted by atomic mass is 35.5. The molecule has 1 aliphatic rings. The smallest absolute Gasteiger partial charge is 0.335 e. The number of hydrogen-bond acceptors (Lipinski definition) is 4. The van der Waals surface area contributed by atoms with E-state index in [1.165, 1.54) is 18.2 Å². The van der Waals surface area contributed by atoms with Gasteiger partial charge in [0.2, 0.25) is 5.91 Å². The number of carbonyl (C=O) groups is 2. The molecule has 1 heterocycles. The van der Waals surface area contributed by atoms with Gasteiger partial charge in [-0.2, -0.15) is 0 Å². The number of carboxylic acids is 1. The molecule has 0 spiro atoms. The number of ether oxygens (including phenoxy) is 2. The monoisotopic (exact) mass is 511 g/mol. The summed E-state index contributed by atoms with van der Waals surface area (Å²) in [5.74, 6) is -0.186. The van der Waals surface area contributed by atoms with Crippen LogP contribution in [0.1, 0.15) is 33.5 Å². The van der Waals surface area contributed by atoms with Crippen molar-refractivity contribution in [2.75, 3.05) is 19.1 Å². The van der Waals surface area contributed by atoms with Crippen LogP contribution in [-0.4, -0.2) is 31.2 Å². The lowest BCUT2D eigenvalue weighted by Crippen LogP contribution is -2.41. The van der Waals surface area contributed by atoms with Crippen molar-refractivity contribution in [3.05, 3.63) is 99.6 Å². The number of benzene rings is 3. The fourth-order valence-electron chi connectivity index (χ4n) is 4.62. The minimum Gasteiger partial charge on any atom is -0.497 e. The van der Waals surface area contributed by atoms with Gasteiger partial charge in [0.1, 0.15) is 16.9 Å². The molecule has 0 saturated heterocycles. The number of nitrogens with zero attached hydrogens (tertiary/aromatic N) is 1. The molecule has 0 radical (unpaired) electrons. The third-order valence-corrected chi connectivity index (χ3v) is 6.83. The average molecular weight is 512 g/mol. The van der Waals surface area contributed by atoms with Gasteiger partial charge in [-0.3, -0.25) is 4.79 Å². The lowest BCUT2D eigenvalue weighted by atomic mass is 9.72. The Morgan fingerprint density at radius 2 is 1.83 bits per heavy atom. The Balaban J connectivity index is 1.94. The van der Waals surface area contributed by atoms with Gasteiger partial charge < -0.3 is 19.5 Å². The molecule has 6 nitrogen and oxygen atoms in total. The maximum absolute atomic E-state index is 14.3. The molecule has 0 bridgehead atoms. The minimum atomic E-state index is -1.30. The Morgan fingerprint density at radius 3 is 2.49 bits per heavy atom. The molecule has 3 aromatic rings. The first-order valence-corrected chi connectivity index (χ1v) is 11.5. The molecule has 4 rings (SSSR count). The molecule has 180 valence electrons. The summed E-state index contributed by atoms with van der Waals surface area (Å²) in [6.45, 7) is 4.07. The quantitative estimate of drug-likeness (QED) is 0.368. The topological polar surface area (TPSA) is 76.1 Å². The summed E-state index contributed by atoms with van der Waals surface area (Å²) < 4.78 is 10.8. The number of carboxylic acid groups (broad SMARTS) is 1. The lowest BCUT2D eigenvalue weighted by molar-refractivity contribution is -0.121. The van der Waals surface area contributed by atoms with E-state index >= 15 is 0 Å². The molecule has 0 aliphatic carbocycles. The number of amides is 1. The van der Waals surface area contributed by atoms with Crippen LogP contribution in [0.15, 0.2) is 67.3 Å². The van der Waals surface area contributed by atoms with Crippen molar-refractivity contribution >= 4 is 40.8 Å². The first kappa shape index (κ1) is 24.6. The van der Waals surface area contributed by atoms with Crippen LogP contribution in [0.5, 0.6) is 11.5 Å². The molecule has 1 atom stereocenters. The number of aromatic carboxylic acids is 1. The molecule has 35 heavy (non-hydrogen) atoms. The zero-order valence-corrected chi connectivity index (χ0v) is 20.7. The van der Waals surface area contributed by atoms with Crippen molar-refractivity contribution in [2.24, 2.45) is 0 Å². The van der Waals surface area contributed by atoms with Crippen LogP contribution >= 0.6 is 23.2 Å². The van der Waals surface area contributed by atoms with E-state index in [1.54, 1.807) is 55.5 Å². The summed E-state index contributed by atoms with van der Waals surface area (Å²) in [4.78, 5) is 27.7.